The summed E-state index contributed by atoms with van der Waals surface area (Å²) in [6, 6.07) is -1.67. The van der Waals surface area contributed by atoms with Gasteiger partial charge in [-0.1, -0.05) is 258 Å². The van der Waals surface area contributed by atoms with E-state index < -0.39 is 81.6 Å². The summed E-state index contributed by atoms with van der Waals surface area (Å²) in [4.78, 5) is 38.9. The summed E-state index contributed by atoms with van der Waals surface area (Å²) in [5, 5.41) is 34.8. The summed E-state index contributed by atoms with van der Waals surface area (Å²) in [5.74, 6) is -0.321. The van der Waals surface area contributed by atoms with E-state index in [2.05, 4.69) is 70.6 Å². The summed E-state index contributed by atoms with van der Waals surface area (Å²) in [6.45, 7) is 24.0. The number of aliphatic hydroxyl groups is 2. The minimum atomic E-state index is -4.14. The molecule has 2 saturated heterocycles. The van der Waals surface area contributed by atoms with Crippen LogP contribution in [0.5, 0.6) is 0 Å². The van der Waals surface area contributed by atoms with E-state index in [4.69, 9.17) is 47.4 Å². The fourth-order valence-corrected chi connectivity index (χ4v) is 13.4. The summed E-state index contributed by atoms with van der Waals surface area (Å²) in [6.07, 6.45) is 47.5. The summed E-state index contributed by atoms with van der Waals surface area (Å²) < 4.78 is 67.6. The number of Topliss-reactive ketones (excluding diaryl/α,β-unsaturated/α-hetero) is 1. The molecule has 2 aliphatic rings. The van der Waals surface area contributed by atoms with E-state index in [9.17, 15) is 29.2 Å². The lowest BCUT2D eigenvalue weighted by Gasteiger charge is -2.46. The molecular weight excluding hydrogens is 1240 g/mol. The molecule has 0 aliphatic carbocycles. The normalized spacial score (nSPS) is 21.6. The lowest BCUT2D eigenvalue weighted by Crippen LogP contribution is -2.65. The van der Waals surface area contributed by atoms with Crippen LogP contribution in [0.4, 0.5) is 0 Å². The Balaban J connectivity index is 0.00000100. The van der Waals surface area contributed by atoms with Crippen molar-refractivity contribution in [3.05, 3.63) is 49.8 Å². The third-order valence-corrected chi connectivity index (χ3v) is 19.2. The number of carbonyl (C=O) groups is 3. The molecule has 2 rings (SSSR count). The van der Waals surface area contributed by atoms with Crippen LogP contribution in [0.3, 0.4) is 0 Å². The molecule has 560 valence electrons. The summed E-state index contributed by atoms with van der Waals surface area (Å²) in [5.41, 5.74) is 0. The maximum Gasteiger partial charge on any atom is 0.475 e. The van der Waals surface area contributed by atoms with Crippen molar-refractivity contribution in [3.8, 4) is 0 Å². The van der Waals surface area contributed by atoms with Gasteiger partial charge < -0.3 is 49.3 Å². The monoisotopic (exact) mass is 1380 g/mol. The van der Waals surface area contributed by atoms with Crippen molar-refractivity contribution in [1.29, 1.82) is 5.41 Å². The highest BCUT2D eigenvalue weighted by atomic mass is 31.2. The van der Waals surface area contributed by atoms with Crippen molar-refractivity contribution >= 4 is 31.3 Å². The smallest absolute Gasteiger partial charge is 0.471 e. The van der Waals surface area contributed by atoms with E-state index >= 15 is 0 Å². The minimum absolute atomic E-state index is 0.0540. The van der Waals surface area contributed by atoms with Crippen molar-refractivity contribution < 1.29 is 71.2 Å². The molecule has 2 amide bonds. The maximum atomic E-state index is 13.9. The van der Waals surface area contributed by atoms with Crippen LogP contribution in [0.25, 0.3) is 0 Å². The first-order valence-corrected chi connectivity index (χ1v) is 39.9. The Kier molecular flexibility index (Phi) is 58.2. The number of carbonyl (C=O) groups excluding carboxylic acids is 3. The van der Waals surface area contributed by atoms with Crippen molar-refractivity contribution in [1.82, 2.24) is 10.6 Å². The number of phosphoric acid groups is 1. The molecule has 0 saturated carbocycles. The zero-order valence-electron chi connectivity index (χ0n) is 61.9. The molecule has 0 aromatic carbocycles. The highest BCUT2D eigenvalue weighted by Crippen LogP contribution is 2.53. The molecule has 0 spiro atoms. The quantitative estimate of drug-likeness (QED) is 0.00724. The number of phosphoric ester groups is 1. The second-order valence-electron chi connectivity index (χ2n) is 26.7. The van der Waals surface area contributed by atoms with Gasteiger partial charge in [-0.15, -0.1) is 13.2 Å². The maximum absolute atomic E-state index is 13.9. The van der Waals surface area contributed by atoms with Gasteiger partial charge >= 0.3 is 7.82 Å². The zero-order valence-corrected chi connectivity index (χ0v) is 62.8. The number of hydrogen-bond donors (Lipinski definition) is 5. The number of ketones is 1. The predicted octanol–water partition coefficient (Wildman–Crippen LogP) is 18.8. The topological polar surface area (TPSA) is 240 Å². The fourth-order valence-electron chi connectivity index (χ4n) is 12.1. The Labute approximate surface area is 584 Å². The Hall–Kier alpha value is -3.29. The predicted molar refractivity (Wildman–Crippen MR) is 390 cm³/mol. The van der Waals surface area contributed by atoms with Gasteiger partial charge in [0.15, 0.2) is 5.90 Å². The third-order valence-electron chi connectivity index (χ3n) is 17.8. The molecule has 2 fully saturated rings. The molecule has 0 aromatic rings. The van der Waals surface area contributed by atoms with Crippen LogP contribution in [0, 0.1) is 11.3 Å². The highest BCUT2D eigenvalue weighted by Gasteiger charge is 2.52. The van der Waals surface area contributed by atoms with Crippen LogP contribution in [-0.4, -0.2) is 128 Å². The lowest BCUT2D eigenvalue weighted by atomic mass is 9.94. The first kappa shape index (κ1) is 90.7. The van der Waals surface area contributed by atoms with Gasteiger partial charge in [0.1, 0.15) is 48.4 Å². The van der Waals surface area contributed by atoms with E-state index in [1.807, 2.05) is 6.92 Å². The van der Waals surface area contributed by atoms with Crippen LogP contribution < -0.4 is 10.6 Å². The molecule has 19 heteroatoms. The average Bonchev–Trinajstić information content (AvgIpc) is 0.795. The highest BCUT2D eigenvalue weighted by molar-refractivity contribution is 7.48. The van der Waals surface area contributed by atoms with Gasteiger partial charge in [-0.25, -0.2) is 4.57 Å². The SMILES string of the molecule is C/C=C\O[C@H]1O[C@H](CO)[C@@H](O)[C@H](OCCCCCCCCCC)[C@H]1NC(=O)CC(=O)CCCCCCCCCCC.C=CCOP(=O)(OCC=C)O[C@H]1[C@H](OCC[C@H](C)CCCCCCC)[C@@H](NC(=O)CCCCCCCCC/C=C\CCCCCC)C(OC(C)=N)O[C@@H]1CC. The fraction of sp³-hybridized carbons (Fsp3) is 0.844. The molecule has 18 nitrogen and oxygen atoms in total. The van der Waals surface area contributed by atoms with Crippen LogP contribution >= 0.6 is 7.82 Å². The standard InChI is InChI=1S/C44H81N2O8P.C33H61NO7/c1-8-13-15-17-18-19-20-21-22-23-24-25-26-28-30-32-40(47)46-41-43(49-36-33-37(6)31-29-27-16-14-9-2)42(39(12-5)53-44(41)52-38(7)45)54-55(48,50-34-10-3)51-35-11-4;1-4-7-9-11-13-15-16-18-20-22-27(36)25-29(37)34-30-32(39-24-21-19-17-14-12-10-8-5-2)31(38)28(26-35)41-33(30)40-23-6-3/h10-11,19-20,37,39,41-45H,3-4,8-9,12-18,21-36H2,1-2,5-7H3,(H,46,47);6,23,28,30-33,35,38H,4-5,7-22,24-26H2,1-3H3,(H,34,37)/b20-19-,45-38?;23-6-/t37-,39-,41-,42-,43-,44?;28-,30-,31-,32-,33+/m11/s1. The van der Waals surface area contributed by atoms with Gasteiger partial charge in [0.2, 0.25) is 24.4 Å². The van der Waals surface area contributed by atoms with Crippen molar-refractivity contribution in [3.63, 3.8) is 0 Å². The first-order chi connectivity index (χ1) is 46.6. The number of rotatable bonds is 62. The van der Waals surface area contributed by atoms with Crippen LogP contribution in [0.15, 0.2) is 49.8 Å². The summed E-state index contributed by atoms with van der Waals surface area (Å²) in [7, 11) is -4.14. The Morgan fingerprint density at radius 2 is 1.03 bits per heavy atom. The van der Waals surface area contributed by atoms with E-state index in [1.54, 1.807) is 13.0 Å². The Bertz CT molecular complexity index is 2030. The molecule has 1 unspecified atom stereocenters. The largest absolute Gasteiger partial charge is 0.475 e. The molecular formula is C77H142N3O15P. The van der Waals surface area contributed by atoms with Gasteiger partial charge in [-0.2, -0.15) is 0 Å². The molecule has 96 heavy (non-hydrogen) atoms. The molecule has 5 N–H and O–H groups in total. The number of ether oxygens (including phenoxy) is 6. The van der Waals surface area contributed by atoms with Crippen LogP contribution in [0.2, 0.25) is 0 Å². The van der Waals surface area contributed by atoms with E-state index in [0.29, 0.717) is 38.4 Å². The minimum Gasteiger partial charge on any atom is -0.471 e. The second kappa shape index (κ2) is 61.6. The number of unbranched alkanes of at least 4 members (excludes halogenated alkanes) is 30. The average molecular weight is 1380 g/mol. The van der Waals surface area contributed by atoms with Gasteiger partial charge in [-0.3, -0.25) is 33.4 Å². The van der Waals surface area contributed by atoms with Gasteiger partial charge in [0, 0.05) is 33.0 Å². The van der Waals surface area contributed by atoms with Gasteiger partial charge in [0.25, 0.3) is 0 Å². The molecule has 0 bridgehead atoms. The third kappa shape index (κ3) is 44.8. The van der Waals surface area contributed by atoms with E-state index in [1.165, 1.54) is 186 Å². The van der Waals surface area contributed by atoms with Crippen molar-refractivity contribution in [2.24, 2.45) is 5.92 Å². The first-order valence-electron chi connectivity index (χ1n) is 38.5. The van der Waals surface area contributed by atoms with E-state index in [-0.39, 0.29) is 37.2 Å². The number of aliphatic hydroxyl groups excluding tert-OH is 2. The van der Waals surface area contributed by atoms with Crippen LogP contribution in [-0.2, 0) is 60.9 Å². The van der Waals surface area contributed by atoms with Crippen molar-refractivity contribution in [2.75, 3.05) is 33.0 Å². The number of allylic oxidation sites excluding steroid dienone is 3. The van der Waals surface area contributed by atoms with Crippen molar-refractivity contribution in [2.45, 2.75) is 380 Å². The zero-order chi connectivity index (χ0) is 70.7. The number of amides is 2. The summed E-state index contributed by atoms with van der Waals surface area (Å²) >= 11 is 0. The molecule has 11 atom stereocenters. The number of hydrogen-bond acceptors (Lipinski definition) is 16. The number of nitrogens with one attached hydrogen (secondary N) is 3. The molecule has 2 aliphatic heterocycles. The van der Waals surface area contributed by atoms with Gasteiger partial charge in [0.05, 0.1) is 38.6 Å². The molecule has 2 heterocycles. The second-order valence-corrected chi connectivity index (χ2v) is 28.3. The van der Waals surface area contributed by atoms with E-state index in [0.717, 1.165) is 77.0 Å². The van der Waals surface area contributed by atoms with Gasteiger partial charge in [-0.05, 0) is 70.6 Å². The Morgan fingerprint density at radius 1 is 0.573 bits per heavy atom. The molecule has 0 radical (unpaired) electrons. The Morgan fingerprint density at radius 3 is 1.54 bits per heavy atom. The van der Waals surface area contributed by atoms with Crippen LogP contribution in [0.1, 0.15) is 319 Å². The lowest BCUT2D eigenvalue weighted by molar-refractivity contribution is -0.263. The molecule has 0 aromatic heterocycles.